The van der Waals surface area contributed by atoms with Gasteiger partial charge in [-0.25, -0.2) is 0 Å². The molecule has 0 heteroatoms. The topological polar surface area (TPSA) is 0 Å². The van der Waals surface area contributed by atoms with E-state index < -0.39 is 96.7 Å². The first-order valence-electron chi connectivity index (χ1n) is 36.5. The summed E-state index contributed by atoms with van der Waals surface area (Å²) in [5.74, 6) is 0. The number of fused-ring (bicyclic) bond motifs is 8. The van der Waals surface area contributed by atoms with Crippen LogP contribution in [0.4, 0.5) is 0 Å². The fourth-order valence-corrected chi connectivity index (χ4v) is 11.3. The minimum absolute atomic E-state index is 0.00600. The molecule has 0 N–H and O–H groups in total. The van der Waals surface area contributed by atoms with E-state index in [9.17, 15) is 4.11 Å². The summed E-state index contributed by atoms with van der Waals surface area (Å²) in [6.45, 7) is 0. The fourth-order valence-electron chi connectivity index (χ4n) is 11.3. The Hall–Kier alpha value is -10.4. The second-order valence-corrected chi connectivity index (χ2v) is 19.4. The monoisotopic (exact) mass is 1030 g/mol. The molecule has 0 aliphatic rings. The van der Waals surface area contributed by atoms with Gasteiger partial charge in [-0.3, -0.25) is 0 Å². The zero-order valence-electron chi connectivity index (χ0n) is 63.4. The molecule has 0 bridgehead atoms. The highest BCUT2D eigenvalue weighted by atomic mass is 14.2. The lowest BCUT2D eigenvalue weighted by molar-refractivity contribution is 1.63. The van der Waals surface area contributed by atoms with E-state index in [1.807, 2.05) is 115 Å². The quantitative estimate of drug-likeness (QED) is 0.146. The van der Waals surface area contributed by atoms with E-state index in [4.69, 9.17) is 24.7 Å². The average molecular weight is 1030 g/mol. The van der Waals surface area contributed by atoms with Crippen molar-refractivity contribution in [1.29, 1.82) is 0 Å². The zero-order valence-corrected chi connectivity index (χ0v) is 42.4. The van der Waals surface area contributed by atoms with E-state index >= 15 is 0 Å². The van der Waals surface area contributed by atoms with Gasteiger partial charge in [-0.1, -0.05) is 303 Å². The van der Waals surface area contributed by atoms with Crippen molar-refractivity contribution in [2.45, 2.75) is 0 Å². The Morgan fingerprint density at radius 1 is 0.175 bits per heavy atom. The molecular formula is C80H52. The van der Waals surface area contributed by atoms with Crippen molar-refractivity contribution in [2.75, 3.05) is 0 Å². The van der Waals surface area contributed by atoms with Gasteiger partial charge in [-0.2, -0.15) is 0 Å². The minimum atomic E-state index is -0.688. The molecule has 0 radical (unpaired) electrons. The number of hydrogen-bond donors (Lipinski definition) is 0. The first kappa shape index (κ1) is 29.9. The van der Waals surface area contributed by atoms with Gasteiger partial charge in [0.15, 0.2) is 0 Å². The van der Waals surface area contributed by atoms with Crippen LogP contribution in [-0.4, -0.2) is 0 Å². The number of benzene rings is 16. The molecule has 0 aliphatic heterocycles. The molecule has 0 saturated carbocycles. The van der Waals surface area contributed by atoms with Crippen LogP contribution in [-0.2, 0) is 0 Å². The predicted octanol–water partition coefficient (Wildman–Crippen LogP) is 22.6. The predicted molar refractivity (Wildman–Crippen MR) is 346 cm³/mol. The van der Waals surface area contributed by atoms with Crippen molar-refractivity contribution in [1.82, 2.24) is 0 Å². The van der Waals surface area contributed by atoms with Crippen molar-refractivity contribution in [3.05, 3.63) is 315 Å². The highest BCUT2D eigenvalue weighted by Crippen LogP contribution is 2.47. The van der Waals surface area contributed by atoms with Crippen molar-refractivity contribution in [2.24, 2.45) is 0 Å². The average Bonchev–Trinajstić information content (AvgIpc) is 0.700. The maximum Gasteiger partial charge on any atom is 0.0629 e. The molecule has 372 valence electrons. The zero-order chi connectivity index (χ0) is 71.2. The van der Waals surface area contributed by atoms with Gasteiger partial charge in [0.05, 0.1) is 28.8 Å². The van der Waals surface area contributed by atoms with E-state index in [1.165, 1.54) is 16.8 Å². The lowest BCUT2D eigenvalue weighted by Gasteiger charge is -2.19. The highest BCUT2D eigenvalue weighted by molar-refractivity contribution is 6.25. The molecule has 80 heavy (non-hydrogen) atoms. The second-order valence-electron chi connectivity index (χ2n) is 19.4. The van der Waals surface area contributed by atoms with Gasteiger partial charge >= 0.3 is 0 Å². The largest absolute Gasteiger partial charge is 0.0629 e. The third-order valence-electron chi connectivity index (χ3n) is 15.0. The summed E-state index contributed by atoms with van der Waals surface area (Å²) < 4.78 is 184. The van der Waals surface area contributed by atoms with Crippen LogP contribution in [0, 0.1) is 0 Å². The van der Waals surface area contributed by atoms with Crippen molar-refractivity contribution >= 4 is 86.2 Å². The molecule has 0 amide bonds. The molecule has 0 spiro atoms. The second kappa shape index (κ2) is 19.9. The molecule has 0 fully saturated rings. The maximum absolute atomic E-state index is 9.24. The molecule has 16 aromatic rings. The summed E-state index contributed by atoms with van der Waals surface area (Å²) >= 11 is 0. The minimum Gasteiger partial charge on any atom is -0.0616 e. The summed E-state index contributed by atoms with van der Waals surface area (Å²) in [4.78, 5) is 0. The number of hydrogen-bond acceptors (Lipinski definition) is 0. The van der Waals surface area contributed by atoms with Gasteiger partial charge in [-0.05, 0) is 165 Å². The SMILES string of the molecule is [2H]c1c([2H])c([2H])c2c(-c3c4ccccc4c(-c4ccc(-c5ccc6ccccc6c5)cc4)c4ccccc34)c([2H])c([2H])c([2H])c2c1[2H].[2H]c1cc2c(-c3c([2H])c([2H])c([2H])c4c([2H])c([2H])c([2H])c([2H])c34)c3c([2H])c([2H])c([2H])c([2H])c3c(-c3ccc(-c4ccc5ccccc5c4)cc3)c2c([2H])c1[2H]. The molecule has 0 aliphatic carbocycles. The Balaban J connectivity index is 0.000000165. The molecule has 0 aromatic heterocycles. The standard InChI is InChI=1S/2C40H26/c2*1-2-12-31-26-32(25-22-27(31)10-1)28-20-23-30(24-21-28)39-35-15-5-7-17-37(35)40(38-18-8-6-16-36(38)39)34-19-9-13-29-11-3-4-14-33(29)34/h2*1-26H/i3D,4D,5D,6D,7D,8D,9D,11D,13D,14D,15D,16D,17D,19D;3D,4D,9D,11D,13D,14D,19D. The van der Waals surface area contributed by atoms with Crippen LogP contribution in [0.5, 0.6) is 0 Å². The summed E-state index contributed by atoms with van der Waals surface area (Å²) in [7, 11) is 0. The van der Waals surface area contributed by atoms with E-state index in [-0.39, 0.29) is 95.6 Å². The highest BCUT2D eigenvalue weighted by Gasteiger charge is 2.20. The van der Waals surface area contributed by atoms with E-state index in [0.29, 0.717) is 11.1 Å². The Morgan fingerprint density at radius 3 is 0.975 bits per heavy atom. The van der Waals surface area contributed by atoms with Crippen molar-refractivity contribution in [3.63, 3.8) is 0 Å². The first-order valence-corrected chi connectivity index (χ1v) is 26.0. The molecular weight excluding hydrogens is 961 g/mol. The third-order valence-corrected chi connectivity index (χ3v) is 15.0. The summed E-state index contributed by atoms with van der Waals surface area (Å²) in [6.07, 6.45) is 0. The molecule has 0 atom stereocenters. The number of rotatable bonds is 6. The summed E-state index contributed by atoms with van der Waals surface area (Å²) in [5, 5.41) is 7.02. The maximum atomic E-state index is 9.24. The Bertz CT molecular complexity index is 6250. The van der Waals surface area contributed by atoms with Crippen LogP contribution in [0.3, 0.4) is 0 Å². The molecule has 0 heterocycles. The van der Waals surface area contributed by atoms with Crippen LogP contribution in [0.25, 0.3) is 153 Å². The molecule has 16 rings (SSSR count). The van der Waals surface area contributed by atoms with Crippen LogP contribution >= 0.6 is 0 Å². The van der Waals surface area contributed by atoms with E-state index in [0.717, 1.165) is 65.7 Å². The third kappa shape index (κ3) is 8.17. The molecule has 0 nitrogen and oxygen atoms in total. The molecule has 0 unspecified atom stereocenters. The lowest BCUT2D eigenvalue weighted by Crippen LogP contribution is -1.91. The van der Waals surface area contributed by atoms with Crippen LogP contribution in [0.1, 0.15) is 28.8 Å². The smallest absolute Gasteiger partial charge is 0.0616 e. The van der Waals surface area contributed by atoms with Gasteiger partial charge < -0.3 is 0 Å². The molecule has 0 saturated heterocycles. The van der Waals surface area contributed by atoms with Gasteiger partial charge in [-0.15, -0.1) is 0 Å². The van der Waals surface area contributed by atoms with Gasteiger partial charge in [0, 0.05) is 0 Å². The van der Waals surface area contributed by atoms with Crippen LogP contribution < -0.4 is 0 Å². The first-order chi connectivity index (χ1) is 48.4. The summed E-state index contributed by atoms with van der Waals surface area (Å²) in [6, 6.07) is 50.6. The normalized spacial score (nSPS) is 15.2. The Kier molecular flexibility index (Phi) is 7.44. The van der Waals surface area contributed by atoms with Gasteiger partial charge in [0.2, 0.25) is 0 Å². The van der Waals surface area contributed by atoms with Gasteiger partial charge in [0.25, 0.3) is 0 Å². The van der Waals surface area contributed by atoms with Crippen molar-refractivity contribution in [3.8, 4) is 66.8 Å². The van der Waals surface area contributed by atoms with Crippen LogP contribution in [0.15, 0.2) is 315 Å². The Morgan fingerprint density at radius 2 is 0.487 bits per heavy atom. The summed E-state index contributed by atoms with van der Waals surface area (Å²) in [5.41, 5.74) is 6.97. The van der Waals surface area contributed by atoms with Crippen molar-refractivity contribution < 1.29 is 28.8 Å². The van der Waals surface area contributed by atoms with Crippen LogP contribution in [0.2, 0.25) is 0 Å². The van der Waals surface area contributed by atoms with E-state index in [1.54, 1.807) is 12.1 Å². The lowest BCUT2D eigenvalue weighted by atomic mass is 9.84. The van der Waals surface area contributed by atoms with E-state index in [2.05, 4.69) is 54.6 Å². The molecule has 16 aromatic carbocycles. The fraction of sp³-hybridized carbons (Fsp3) is 0. The Labute approximate surface area is 495 Å². The van der Waals surface area contributed by atoms with Gasteiger partial charge in [0.1, 0.15) is 0 Å².